The van der Waals surface area contributed by atoms with Crippen LogP contribution in [0, 0.1) is 11.7 Å². The molecular weight excluding hydrogens is 399 g/mol. The molecule has 2 aromatic rings. The summed E-state index contributed by atoms with van der Waals surface area (Å²) in [7, 11) is 0. The number of urea groups is 1. The molecule has 0 spiro atoms. The van der Waals surface area contributed by atoms with Gasteiger partial charge in [-0.15, -0.1) is 0 Å². The van der Waals surface area contributed by atoms with E-state index in [1.165, 1.54) is 18.2 Å². The van der Waals surface area contributed by atoms with E-state index in [-0.39, 0.29) is 11.2 Å². The van der Waals surface area contributed by atoms with Gasteiger partial charge in [-0.1, -0.05) is 6.07 Å². The Labute approximate surface area is 180 Å². The van der Waals surface area contributed by atoms with Crippen molar-refractivity contribution in [2.75, 3.05) is 36.9 Å². The fourth-order valence-corrected chi connectivity index (χ4v) is 5.28. The molecule has 164 valence electrons. The number of anilines is 2. The lowest BCUT2D eigenvalue weighted by molar-refractivity contribution is 0.00589. The molecule has 3 aliphatic rings. The third-order valence-electron chi connectivity index (χ3n) is 6.67. The first-order chi connectivity index (χ1) is 15.1. The number of halogens is 1. The number of nitrogens with one attached hydrogen (secondary N) is 2. The van der Waals surface area contributed by atoms with Crippen LogP contribution < -0.4 is 16.2 Å². The molecule has 2 saturated heterocycles. The van der Waals surface area contributed by atoms with Crippen LogP contribution >= 0.6 is 0 Å². The first-order valence-electron chi connectivity index (χ1n) is 11.0. The summed E-state index contributed by atoms with van der Waals surface area (Å²) in [6.45, 7) is 4.31. The van der Waals surface area contributed by atoms with E-state index in [9.17, 15) is 14.0 Å². The summed E-state index contributed by atoms with van der Waals surface area (Å²) in [6.07, 6.45) is 3.26. The highest BCUT2D eigenvalue weighted by molar-refractivity contribution is 5.99. The maximum atomic E-state index is 13.3. The molecule has 0 aliphatic carbocycles. The maximum Gasteiger partial charge on any atom is 0.323 e. The molecule has 5 rings (SSSR count). The summed E-state index contributed by atoms with van der Waals surface area (Å²) in [6, 6.07) is 9.30. The minimum Gasteiger partial charge on any atom is -0.381 e. The van der Waals surface area contributed by atoms with Gasteiger partial charge in [0, 0.05) is 56.2 Å². The number of aromatic nitrogens is 1. The van der Waals surface area contributed by atoms with Crippen LogP contribution in [0.4, 0.5) is 20.6 Å². The number of carbonyl (C=O) groups excluding carboxylic acids is 1. The Morgan fingerprint density at radius 3 is 2.71 bits per heavy atom. The van der Waals surface area contributed by atoms with Crippen LogP contribution in [0.15, 0.2) is 41.2 Å². The monoisotopic (exact) mass is 426 g/mol. The number of pyridine rings is 1. The molecule has 2 amide bonds. The molecule has 3 aliphatic heterocycles. The summed E-state index contributed by atoms with van der Waals surface area (Å²) in [4.78, 5) is 28.0. The lowest BCUT2D eigenvalue weighted by Crippen LogP contribution is -2.51. The second kappa shape index (κ2) is 8.43. The molecular formula is C23H27FN4O3. The van der Waals surface area contributed by atoms with Crippen LogP contribution in [0.3, 0.4) is 0 Å². The number of rotatable bonds is 3. The quantitative estimate of drug-likeness (QED) is 0.790. The van der Waals surface area contributed by atoms with Crippen LogP contribution in [0.25, 0.3) is 0 Å². The average molecular weight is 426 g/mol. The Balaban J connectivity index is 1.31. The van der Waals surface area contributed by atoms with Crippen LogP contribution in [0.5, 0.6) is 0 Å². The summed E-state index contributed by atoms with van der Waals surface area (Å²) in [5.41, 5.74) is 1.44. The number of likely N-dealkylation sites (tertiary alicyclic amines) is 1. The number of hydrogen-bond acceptors (Lipinski definition) is 4. The second-order valence-electron chi connectivity index (χ2n) is 8.77. The Morgan fingerprint density at radius 2 is 1.90 bits per heavy atom. The van der Waals surface area contributed by atoms with E-state index in [1.807, 2.05) is 10.6 Å². The number of hydrogen-bond donors (Lipinski definition) is 2. The van der Waals surface area contributed by atoms with Gasteiger partial charge in [0.05, 0.1) is 0 Å². The summed E-state index contributed by atoms with van der Waals surface area (Å²) in [5.74, 6) is 0.328. The minimum absolute atomic E-state index is 0.180. The fraction of sp³-hybridized carbons (Fsp3) is 0.478. The van der Waals surface area contributed by atoms with Gasteiger partial charge in [-0.25, -0.2) is 9.18 Å². The van der Waals surface area contributed by atoms with Crippen molar-refractivity contribution in [3.05, 3.63) is 58.3 Å². The van der Waals surface area contributed by atoms with E-state index in [0.717, 1.165) is 51.3 Å². The van der Waals surface area contributed by atoms with Crippen molar-refractivity contribution in [3.8, 4) is 0 Å². The zero-order valence-corrected chi connectivity index (χ0v) is 17.4. The van der Waals surface area contributed by atoms with Crippen molar-refractivity contribution in [1.29, 1.82) is 0 Å². The van der Waals surface area contributed by atoms with Gasteiger partial charge < -0.3 is 19.9 Å². The Hall–Kier alpha value is -2.71. The lowest BCUT2D eigenvalue weighted by atomic mass is 9.82. The normalized spacial score (nSPS) is 23.8. The molecule has 4 heterocycles. The third kappa shape index (κ3) is 4.22. The standard InChI is InChI=1S/C23H27FN4O3/c24-17-2-1-3-18(11-17)25-23(30)26-20-4-5-21-16-10-15(13-28(21)22(20)29)12-27(14-16)19-6-8-31-9-7-19/h1-5,11,15-16,19H,6-10,12-14H2,(H2,25,26,30). The molecule has 1 aromatic heterocycles. The van der Waals surface area contributed by atoms with Crippen molar-refractivity contribution >= 4 is 17.4 Å². The number of ether oxygens (including phenoxy) is 1. The highest BCUT2D eigenvalue weighted by Crippen LogP contribution is 2.37. The summed E-state index contributed by atoms with van der Waals surface area (Å²) in [5, 5.41) is 5.19. The summed E-state index contributed by atoms with van der Waals surface area (Å²) < 4.78 is 20.7. The SMILES string of the molecule is O=C(Nc1cccc(F)c1)Nc1ccc2n(c1=O)CC1CC2CN(C2CCOCC2)C1. The van der Waals surface area contributed by atoms with Gasteiger partial charge in [0.25, 0.3) is 5.56 Å². The molecule has 2 bridgehead atoms. The molecule has 0 radical (unpaired) electrons. The molecule has 8 heteroatoms. The fourth-order valence-electron chi connectivity index (χ4n) is 5.28. The van der Waals surface area contributed by atoms with Crippen molar-refractivity contribution in [3.63, 3.8) is 0 Å². The zero-order chi connectivity index (χ0) is 21.4. The van der Waals surface area contributed by atoms with Gasteiger partial charge in [0.1, 0.15) is 11.5 Å². The number of amides is 2. The number of benzene rings is 1. The number of carbonyl (C=O) groups is 1. The van der Waals surface area contributed by atoms with E-state index in [0.29, 0.717) is 30.1 Å². The Kier molecular flexibility index (Phi) is 5.50. The van der Waals surface area contributed by atoms with Gasteiger partial charge in [-0.3, -0.25) is 9.69 Å². The predicted octanol–water partition coefficient (Wildman–Crippen LogP) is 3.23. The zero-order valence-electron chi connectivity index (χ0n) is 17.4. The van der Waals surface area contributed by atoms with Crippen molar-refractivity contribution in [2.24, 2.45) is 5.92 Å². The van der Waals surface area contributed by atoms with E-state index in [4.69, 9.17) is 4.74 Å². The molecule has 2 N–H and O–H groups in total. The van der Waals surface area contributed by atoms with Gasteiger partial charge in [-0.2, -0.15) is 0 Å². The molecule has 7 nitrogen and oxygen atoms in total. The van der Waals surface area contributed by atoms with E-state index in [1.54, 1.807) is 12.1 Å². The Morgan fingerprint density at radius 1 is 1.06 bits per heavy atom. The minimum atomic E-state index is -0.565. The lowest BCUT2D eigenvalue weighted by Gasteiger charge is -2.46. The highest BCUT2D eigenvalue weighted by atomic mass is 19.1. The topological polar surface area (TPSA) is 75.6 Å². The van der Waals surface area contributed by atoms with Crippen molar-refractivity contribution in [1.82, 2.24) is 9.47 Å². The Bertz CT molecular complexity index is 1030. The molecule has 2 unspecified atom stereocenters. The maximum absolute atomic E-state index is 13.3. The van der Waals surface area contributed by atoms with Crippen LogP contribution in [0.1, 0.15) is 30.9 Å². The van der Waals surface area contributed by atoms with E-state index >= 15 is 0 Å². The largest absolute Gasteiger partial charge is 0.381 e. The molecule has 1 aromatic carbocycles. The van der Waals surface area contributed by atoms with Crippen LogP contribution in [0.2, 0.25) is 0 Å². The van der Waals surface area contributed by atoms with Crippen molar-refractivity contribution in [2.45, 2.75) is 37.8 Å². The van der Waals surface area contributed by atoms with Crippen LogP contribution in [-0.2, 0) is 11.3 Å². The predicted molar refractivity (Wildman–Crippen MR) is 116 cm³/mol. The summed E-state index contributed by atoms with van der Waals surface area (Å²) >= 11 is 0. The van der Waals surface area contributed by atoms with Gasteiger partial charge >= 0.3 is 6.03 Å². The number of fused-ring (bicyclic) bond motifs is 4. The molecule has 2 fully saturated rings. The van der Waals surface area contributed by atoms with Crippen LogP contribution in [-0.4, -0.2) is 47.8 Å². The third-order valence-corrected chi connectivity index (χ3v) is 6.67. The molecule has 2 atom stereocenters. The van der Waals surface area contributed by atoms with E-state index in [2.05, 4.69) is 15.5 Å². The van der Waals surface area contributed by atoms with Gasteiger partial charge in [0.15, 0.2) is 0 Å². The first kappa shape index (κ1) is 20.2. The number of piperidine rings is 1. The second-order valence-corrected chi connectivity index (χ2v) is 8.77. The smallest absolute Gasteiger partial charge is 0.323 e. The van der Waals surface area contributed by atoms with Gasteiger partial charge in [0.2, 0.25) is 0 Å². The van der Waals surface area contributed by atoms with Gasteiger partial charge in [-0.05, 0) is 55.5 Å². The first-order valence-corrected chi connectivity index (χ1v) is 11.0. The highest BCUT2D eigenvalue weighted by Gasteiger charge is 2.37. The molecule has 31 heavy (non-hydrogen) atoms. The average Bonchev–Trinajstić information content (AvgIpc) is 2.76. The van der Waals surface area contributed by atoms with E-state index < -0.39 is 11.8 Å². The number of nitrogens with zero attached hydrogens (tertiary/aromatic N) is 2. The molecule has 0 saturated carbocycles. The van der Waals surface area contributed by atoms with Crippen molar-refractivity contribution < 1.29 is 13.9 Å².